The van der Waals surface area contributed by atoms with Gasteiger partial charge in [0.25, 0.3) is 0 Å². The maximum absolute atomic E-state index is 12.2. The van der Waals surface area contributed by atoms with Crippen LogP contribution in [0.15, 0.2) is 35.1 Å². The van der Waals surface area contributed by atoms with Gasteiger partial charge in [-0.05, 0) is 37.8 Å². The third-order valence-corrected chi connectivity index (χ3v) is 5.80. The monoisotopic (exact) mass is 358 g/mol. The molecule has 124 valence electrons. The van der Waals surface area contributed by atoms with Gasteiger partial charge >= 0.3 is 0 Å². The molecule has 0 saturated carbocycles. The zero-order chi connectivity index (χ0) is 17.1. The molecule has 0 bridgehead atoms. The van der Waals surface area contributed by atoms with Gasteiger partial charge < -0.3 is 5.32 Å². The van der Waals surface area contributed by atoms with E-state index in [4.69, 9.17) is 0 Å². The Bertz CT molecular complexity index is 929. The van der Waals surface area contributed by atoms with Crippen molar-refractivity contribution in [2.45, 2.75) is 33.1 Å². The number of hydrogen-bond acceptors (Lipinski definition) is 5. The Labute approximate surface area is 148 Å². The summed E-state index contributed by atoms with van der Waals surface area (Å²) < 4.78 is -0.0403. The minimum atomic E-state index is -0.0987. The molecule has 0 aliphatic heterocycles. The van der Waals surface area contributed by atoms with Crippen molar-refractivity contribution in [3.8, 4) is 0 Å². The van der Waals surface area contributed by atoms with Gasteiger partial charge in [-0.25, -0.2) is 4.98 Å². The molecule has 1 N–H and O–H groups in total. The minimum absolute atomic E-state index is 0.0403. The second kappa shape index (κ2) is 7.23. The van der Waals surface area contributed by atoms with Crippen LogP contribution in [0, 0.1) is 13.8 Å². The summed E-state index contributed by atoms with van der Waals surface area (Å²) in [4.78, 5) is 30.5. The number of thiophene rings is 1. The second-order valence-corrected chi connectivity index (χ2v) is 7.82. The maximum Gasteiger partial charge on any atom is 0.246 e. The summed E-state index contributed by atoms with van der Waals surface area (Å²) in [5.41, 5.74) is 2.21. The van der Waals surface area contributed by atoms with Crippen molar-refractivity contribution < 1.29 is 4.79 Å². The molecular weight excluding hydrogens is 340 g/mol. The van der Waals surface area contributed by atoms with Crippen LogP contribution in [0.25, 0.3) is 10.2 Å². The first-order valence-electron chi connectivity index (χ1n) is 7.79. The summed E-state index contributed by atoms with van der Waals surface area (Å²) in [7, 11) is 0. The van der Waals surface area contributed by atoms with E-state index >= 15 is 0 Å². The lowest BCUT2D eigenvalue weighted by Crippen LogP contribution is -2.13. The number of fused-ring (bicyclic) bond motifs is 1. The molecule has 0 unspecified atom stereocenters. The lowest BCUT2D eigenvalue weighted by molar-refractivity contribution is -0.116. The summed E-state index contributed by atoms with van der Waals surface area (Å²) in [6.07, 6.45) is 2.04. The average molecular weight is 358 g/mol. The van der Waals surface area contributed by atoms with E-state index in [-0.39, 0.29) is 10.6 Å². The molecule has 3 aromatic rings. The molecule has 0 saturated heterocycles. The molecule has 2 heterocycles. The topological polar surface area (TPSA) is 59.1 Å². The van der Waals surface area contributed by atoms with Crippen molar-refractivity contribution in [2.24, 2.45) is 0 Å². The molecule has 4 nitrogen and oxygen atoms in total. The van der Waals surface area contributed by atoms with Crippen molar-refractivity contribution in [3.05, 3.63) is 55.9 Å². The van der Waals surface area contributed by atoms with E-state index in [1.54, 1.807) is 0 Å². The highest BCUT2D eigenvalue weighted by Crippen LogP contribution is 2.28. The molecule has 0 aliphatic carbocycles. The number of amides is 1. The van der Waals surface area contributed by atoms with Gasteiger partial charge in [-0.1, -0.05) is 41.7 Å². The van der Waals surface area contributed by atoms with E-state index in [0.29, 0.717) is 21.8 Å². The van der Waals surface area contributed by atoms with Gasteiger partial charge in [-0.3, -0.25) is 9.59 Å². The molecule has 1 aromatic carbocycles. The number of rotatable bonds is 5. The van der Waals surface area contributed by atoms with Gasteiger partial charge in [0.1, 0.15) is 4.83 Å². The van der Waals surface area contributed by atoms with E-state index in [2.05, 4.69) is 22.4 Å². The Kier molecular flexibility index (Phi) is 5.06. The van der Waals surface area contributed by atoms with Gasteiger partial charge in [0.05, 0.1) is 5.39 Å². The summed E-state index contributed by atoms with van der Waals surface area (Å²) >= 11 is 2.49. The van der Waals surface area contributed by atoms with Crippen LogP contribution in [0.2, 0.25) is 0 Å². The second-order valence-electron chi connectivity index (χ2n) is 5.66. The van der Waals surface area contributed by atoms with Crippen LogP contribution < -0.4 is 10.1 Å². The summed E-state index contributed by atoms with van der Waals surface area (Å²) in [6.45, 7) is 3.92. The van der Waals surface area contributed by atoms with Crippen molar-refractivity contribution in [1.29, 1.82) is 0 Å². The van der Waals surface area contributed by atoms with E-state index in [1.807, 2.05) is 32.0 Å². The van der Waals surface area contributed by atoms with Crippen molar-refractivity contribution >= 4 is 43.9 Å². The predicted molar refractivity (Wildman–Crippen MR) is 101 cm³/mol. The Morgan fingerprint density at radius 2 is 1.92 bits per heavy atom. The third-order valence-electron chi connectivity index (χ3n) is 3.92. The Hall–Kier alpha value is -2.05. The lowest BCUT2D eigenvalue weighted by Gasteiger charge is -2.04. The first-order valence-corrected chi connectivity index (χ1v) is 9.42. The zero-order valence-corrected chi connectivity index (χ0v) is 15.2. The highest BCUT2D eigenvalue weighted by molar-refractivity contribution is 7.20. The molecule has 3 rings (SSSR count). The molecule has 0 atom stereocenters. The molecule has 2 aromatic heterocycles. The summed E-state index contributed by atoms with van der Waals surface area (Å²) in [5.74, 6) is -0.0987. The molecular formula is C18H18N2O2S2. The zero-order valence-electron chi connectivity index (χ0n) is 13.6. The number of aryl methyl sites for hydroxylation is 3. The first-order chi connectivity index (χ1) is 11.5. The smallest absolute Gasteiger partial charge is 0.246 e. The fourth-order valence-corrected chi connectivity index (χ4v) is 4.50. The number of carbonyl (C=O) groups excluding carboxylic acids is 1. The standard InChI is InChI=1S/C18H18N2O2S2/c1-11-12(2)23-16-15(11)17(22)24-18(20-16)19-14(21)10-6-9-13-7-4-3-5-8-13/h3-5,7-8H,6,9-10H2,1-2H3,(H,19,20,21). The van der Waals surface area contributed by atoms with Crippen LogP contribution in [-0.2, 0) is 11.2 Å². The van der Waals surface area contributed by atoms with E-state index in [9.17, 15) is 9.59 Å². The molecule has 24 heavy (non-hydrogen) atoms. The highest BCUT2D eigenvalue weighted by atomic mass is 32.1. The summed E-state index contributed by atoms with van der Waals surface area (Å²) in [5, 5.41) is 3.84. The molecule has 1 amide bonds. The van der Waals surface area contributed by atoms with Crippen molar-refractivity contribution in [1.82, 2.24) is 4.98 Å². The lowest BCUT2D eigenvalue weighted by atomic mass is 10.1. The molecule has 0 spiro atoms. The van der Waals surface area contributed by atoms with E-state index in [1.165, 1.54) is 16.9 Å². The minimum Gasteiger partial charge on any atom is -0.302 e. The Balaban J connectivity index is 1.64. The maximum atomic E-state index is 12.2. The van der Waals surface area contributed by atoms with Crippen LogP contribution in [0.4, 0.5) is 5.13 Å². The van der Waals surface area contributed by atoms with Crippen LogP contribution >= 0.6 is 22.7 Å². The fourth-order valence-electron chi connectivity index (χ4n) is 2.52. The molecule has 0 radical (unpaired) electrons. The number of carbonyl (C=O) groups is 1. The van der Waals surface area contributed by atoms with Gasteiger partial charge in [0.2, 0.25) is 10.6 Å². The fraction of sp³-hybridized carbons (Fsp3) is 0.278. The normalized spacial score (nSPS) is 10.9. The molecule has 0 aliphatic rings. The van der Waals surface area contributed by atoms with Gasteiger partial charge in [0, 0.05) is 11.3 Å². The summed E-state index contributed by atoms with van der Waals surface area (Å²) in [6, 6.07) is 10.1. The molecule has 6 heteroatoms. The third kappa shape index (κ3) is 3.71. The van der Waals surface area contributed by atoms with E-state index in [0.717, 1.165) is 34.6 Å². The SMILES string of the molecule is Cc1sc2nc(NC(=O)CCCc3ccccc3)sc(=O)c2c1C. The largest absolute Gasteiger partial charge is 0.302 e. The number of nitrogens with one attached hydrogen (secondary N) is 1. The highest BCUT2D eigenvalue weighted by Gasteiger charge is 2.13. The van der Waals surface area contributed by atoms with Crippen LogP contribution in [0.1, 0.15) is 28.8 Å². The predicted octanol–water partition coefficient (Wildman–Crippen LogP) is 4.30. The van der Waals surface area contributed by atoms with Gasteiger partial charge in [-0.2, -0.15) is 0 Å². The van der Waals surface area contributed by atoms with Crippen LogP contribution in [-0.4, -0.2) is 10.9 Å². The number of hydrogen-bond donors (Lipinski definition) is 1. The number of nitrogens with zero attached hydrogens (tertiary/aromatic N) is 1. The first kappa shape index (κ1) is 16.8. The quantitative estimate of drug-likeness (QED) is 0.740. The Morgan fingerprint density at radius 3 is 2.67 bits per heavy atom. The number of benzene rings is 1. The Morgan fingerprint density at radius 1 is 1.17 bits per heavy atom. The van der Waals surface area contributed by atoms with Crippen molar-refractivity contribution in [3.63, 3.8) is 0 Å². The number of anilines is 1. The number of aromatic nitrogens is 1. The molecule has 0 fully saturated rings. The van der Waals surface area contributed by atoms with Crippen LogP contribution in [0.5, 0.6) is 0 Å². The average Bonchev–Trinajstić information content (AvgIpc) is 2.83. The van der Waals surface area contributed by atoms with Crippen LogP contribution in [0.3, 0.4) is 0 Å². The van der Waals surface area contributed by atoms with Gasteiger partial charge in [-0.15, -0.1) is 11.3 Å². The van der Waals surface area contributed by atoms with Crippen molar-refractivity contribution in [2.75, 3.05) is 5.32 Å². The van der Waals surface area contributed by atoms with E-state index < -0.39 is 0 Å². The van der Waals surface area contributed by atoms with Gasteiger partial charge in [0.15, 0.2) is 5.13 Å².